The summed E-state index contributed by atoms with van der Waals surface area (Å²) in [7, 11) is -5.17. The minimum atomic E-state index is -5.17. The summed E-state index contributed by atoms with van der Waals surface area (Å²) in [6.45, 7) is 0. The molecule has 0 aliphatic carbocycles. The lowest BCUT2D eigenvalue weighted by Gasteiger charge is -2.06. The summed E-state index contributed by atoms with van der Waals surface area (Å²) in [5, 5.41) is 12.9. The third-order valence-corrected chi connectivity index (χ3v) is 3.10. The fraction of sp³-hybridized carbons (Fsp3) is 0. The molecule has 0 aliphatic heterocycles. The van der Waals surface area contributed by atoms with Crippen LogP contribution in [0.15, 0.2) is 60.7 Å². The quantitative estimate of drug-likeness (QED) is 0.266. The molecule has 2 heterocycles. The number of nitrogen functional groups attached to an aromatic ring is 2. The molecule has 4 rings (SSSR count). The van der Waals surface area contributed by atoms with Crippen LogP contribution < -0.4 is 11.5 Å². The summed E-state index contributed by atoms with van der Waals surface area (Å²) < 4.78 is 34.1. The van der Waals surface area contributed by atoms with Crippen LogP contribution in [0.3, 0.4) is 0 Å². The Hall–Kier alpha value is -3.81. The van der Waals surface area contributed by atoms with Crippen molar-refractivity contribution in [3.8, 4) is 22.8 Å². The molecule has 0 fully saturated rings. The summed E-state index contributed by atoms with van der Waals surface area (Å²) in [6.07, 6.45) is 0. The van der Waals surface area contributed by atoms with Crippen LogP contribution in [-0.2, 0) is 10.4 Å². The van der Waals surface area contributed by atoms with E-state index in [0.717, 1.165) is 11.1 Å². The highest BCUT2D eigenvalue weighted by Gasteiger charge is 2.01. The number of aromatic nitrogens is 6. The van der Waals surface area contributed by atoms with Gasteiger partial charge in [-0.2, -0.15) is 9.97 Å². The number of anilines is 2. The van der Waals surface area contributed by atoms with Gasteiger partial charge >= 0.3 is 0 Å². The van der Waals surface area contributed by atoms with Gasteiger partial charge in [-0.15, -0.1) is 10.2 Å². The second-order valence-electron chi connectivity index (χ2n) is 5.22. The number of hydrogen-bond acceptors (Lipinski definition) is 10. The molecule has 29 heavy (non-hydrogen) atoms. The minimum absolute atomic E-state index is 0.272. The molecule has 152 valence electrons. The smallest absolute Gasteiger partial charge is 0.239 e. The Labute approximate surface area is 165 Å². The number of nitrogens with one attached hydrogen (secondary N) is 2. The van der Waals surface area contributed by atoms with Gasteiger partial charge in [0.25, 0.3) is 0 Å². The van der Waals surface area contributed by atoms with Gasteiger partial charge in [0.2, 0.25) is 11.9 Å². The highest BCUT2D eigenvalue weighted by molar-refractivity contribution is 7.79. The van der Waals surface area contributed by atoms with Crippen LogP contribution in [0.1, 0.15) is 0 Å². The van der Waals surface area contributed by atoms with Crippen molar-refractivity contribution < 1.29 is 17.5 Å². The predicted octanol–water partition coefficient (Wildman–Crippen LogP) is 0.770. The highest BCUT2D eigenvalue weighted by Crippen LogP contribution is 2.14. The van der Waals surface area contributed by atoms with Crippen LogP contribution in [0.2, 0.25) is 0 Å². The second kappa shape index (κ2) is 9.93. The first kappa shape index (κ1) is 21.5. The Kier molecular flexibility index (Phi) is 7.36. The lowest BCUT2D eigenvalue weighted by atomic mass is 10.2. The molecule has 12 nitrogen and oxygen atoms in total. The Balaban J connectivity index is 0.000000170. The molecule has 0 amide bonds. The van der Waals surface area contributed by atoms with E-state index in [4.69, 9.17) is 29.0 Å². The molecule has 0 atom stereocenters. The summed E-state index contributed by atoms with van der Waals surface area (Å²) >= 11 is 0. The molecule has 0 spiro atoms. The highest BCUT2D eigenvalue weighted by atomic mass is 32.3. The van der Waals surface area contributed by atoms with Crippen LogP contribution in [0, 0.1) is 0 Å². The molecular formula is C16H16N8O4S-2. The molecular weight excluding hydrogens is 400 g/mol. The van der Waals surface area contributed by atoms with Gasteiger partial charge in [0.1, 0.15) is 0 Å². The summed E-state index contributed by atoms with van der Waals surface area (Å²) in [6, 6.07) is 19.4. The molecule has 0 radical (unpaired) electrons. The summed E-state index contributed by atoms with van der Waals surface area (Å²) in [5.41, 5.74) is 12.7. The third kappa shape index (κ3) is 8.17. The number of nitrogens with two attached hydrogens (primary N) is 2. The molecule has 0 bridgehead atoms. The first-order chi connectivity index (χ1) is 13.7. The molecule has 0 aliphatic rings. The molecule has 0 saturated carbocycles. The average Bonchev–Trinajstić information content (AvgIpc) is 3.31. The van der Waals surface area contributed by atoms with Crippen molar-refractivity contribution >= 4 is 22.3 Å². The molecule has 2 aromatic heterocycles. The Morgan fingerprint density at radius 1 is 0.690 bits per heavy atom. The average molecular weight is 416 g/mol. The van der Waals surface area contributed by atoms with Crippen molar-refractivity contribution in [1.82, 2.24) is 30.4 Å². The Morgan fingerprint density at radius 3 is 1.24 bits per heavy atom. The standard InChI is InChI=1S/2C8H8N4.H2O4S/c2*9-8-10-7(11-12-8)6-4-2-1-3-5-6;1-5(2,3)4/h2*1-5H,(H3,9,10,11,12);(H2,1,2,3,4)/p-2. The molecule has 2 aromatic carbocycles. The molecule has 0 saturated heterocycles. The number of hydrogen-bond donors (Lipinski definition) is 4. The maximum atomic E-state index is 8.52. The van der Waals surface area contributed by atoms with Crippen molar-refractivity contribution in [2.24, 2.45) is 0 Å². The number of benzene rings is 2. The molecule has 4 aromatic rings. The van der Waals surface area contributed by atoms with Gasteiger partial charge in [-0.3, -0.25) is 18.6 Å². The third-order valence-electron chi connectivity index (χ3n) is 3.10. The molecule has 13 heteroatoms. The van der Waals surface area contributed by atoms with Crippen molar-refractivity contribution in [1.29, 1.82) is 0 Å². The van der Waals surface area contributed by atoms with Crippen LogP contribution >= 0.6 is 0 Å². The van der Waals surface area contributed by atoms with Crippen molar-refractivity contribution in [3.63, 3.8) is 0 Å². The summed E-state index contributed by atoms with van der Waals surface area (Å²) in [5.74, 6) is 1.95. The predicted molar refractivity (Wildman–Crippen MR) is 103 cm³/mol. The first-order valence-electron chi connectivity index (χ1n) is 7.85. The molecule has 6 N–H and O–H groups in total. The zero-order valence-corrected chi connectivity index (χ0v) is 15.6. The van der Waals surface area contributed by atoms with Gasteiger partial charge in [0, 0.05) is 21.5 Å². The first-order valence-corrected chi connectivity index (χ1v) is 9.19. The van der Waals surface area contributed by atoms with Crippen molar-refractivity contribution in [3.05, 3.63) is 60.7 Å². The fourth-order valence-corrected chi connectivity index (χ4v) is 2.00. The zero-order chi connectivity index (χ0) is 21.3. The van der Waals surface area contributed by atoms with Crippen molar-refractivity contribution in [2.75, 3.05) is 11.5 Å². The van der Waals surface area contributed by atoms with Gasteiger partial charge in [0.05, 0.1) is 0 Å². The number of H-pyrrole nitrogens is 2. The van der Waals surface area contributed by atoms with Crippen LogP contribution in [-0.4, -0.2) is 47.9 Å². The van der Waals surface area contributed by atoms with E-state index in [-0.39, 0.29) is 11.9 Å². The van der Waals surface area contributed by atoms with Crippen LogP contribution in [0.5, 0.6) is 0 Å². The second-order valence-corrected chi connectivity index (χ2v) is 6.04. The number of rotatable bonds is 2. The van der Waals surface area contributed by atoms with Crippen molar-refractivity contribution in [2.45, 2.75) is 0 Å². The SMILES string of the molecule is Nc1n[nH]c(-c2ccccc2)n1.Nc1n[nH]c(-c2ccccc2)n1.O=S(=O)([O-])[O-]. The van der Waals surface area contributed by atoms with E-state index in [2.05, 4.69) is 30.4 Å². The van der Waals surface area contributed by atoms with Gasteiger partial charge in [-0.05, 0) is 0 Å². The number of aromatic amines is 2. The zero-order valence-electron chi connectivity index (χ0n) is 14.8. The minimum Gasteiger partial charge on any atom is -0.759 e. The van der Waals surface area contributed by atoms with Gasteiger partial charge < -0.3 is 20.6 Å². The van der Waals surface area contributed by atoms with Crippen LogP contribution in [0.25, 0.3) is 22.8 Å². The van der Waals surface area contributed by atoms with Crippen LogP contribution in [0.4, 0.5) is 11.9 Å². The Bertz CT molecular complexity index is 1030. The Morgan fingerprint density at radius 2 is 1.00 bits per heavy atom. The number of nitrogens with zero attached hydrogens (tertiary/aromatic N) is 4. The fourth-order valence-electron chi connectivity index (χ4n) is 2.00. The van der Waals surface area contributed by atoms with E-state index in [1.54, 1.807) is 0 Å². The summed E-state index contributed by atoms with van der Waals surface area (Å²) in [4.78, 5) is 7.98. The lowest BCUT2D eigenvalue weighted by molar-refractivity contribution is 0.352. The van der Waals surface area contributed by atoms with E-state index in [1.165, 1.54) is 0 Å². The van der Waals surface area contributed by atoms with E-state index in [9.17, 15) is 0 Å². The maximum Gasteiger partial charge on any atom is 0.239 e. The van der Waals surface area contributed by atoms with E-state index in [1.807, 2.05) is 60.7 Å². The van der Waals surface area contributed by atoms with Gasteiger partial charge in [-0.1, -0.05) is 60.7 Å². The van der Waals surface area contributed by atoms with E-state index >= 15 is 0 Å². The monoisotopic (exact) mass is 416 g/mol. The lowest BCUT2D eigenvalue weighted by Crippen LogP contribution is -1.91. The van der Waals surface area contributed by atoms with Gasteiger partial charge in [-0.25, -0.2) is 0 Å². The largest absolute Gasteiger partial charge is 0.759 e. The normalized spacial score (nSPS) is 10.3. The topological polar surface area (TPSA) is 215 Å². The molecule has 0 unspecified atom stereocenters. The van der Waals surface area contributed by atoms with E-state index < -0.39 is 10.4 Å². The maximum absolute atomic E-state index is 8.52. The van der Waals surface area contributed by atoms with E-state index in [0.29, 0.717) is 11.6 Å². The van der Waals surface area contributed by atoms with Gasteiger partial charge in [0.15, 0.2) is 11.6 Å².